The Balaban J connectivity index is 2.15. The van der Waals surface area contributed by atoms with Gasteiger partial charge in [-0.1, -0.05) is 6.07 Å². The summed E-state index contributed by atoms with van der Waals surface area (Å²) in [5.74, 6) is -2.57. The first kappa shape index (κ1) is 13.0. The van der Waals surface area contributed by atoms with Crippen molar-refractivity contribution >= 4 is 27.9 Å². The fourth-order valence-corrected chi connectivity index (χ4v) is 3.36. The molecule has 0 aliphatic heterocycles. The maximum absolute atomic E-state index is 13.3. The van der Waals surface area contributed by atoms with Crippen molar-refractivity contribution in [1.29, 1.82) is 0 Å². The number of halogens is 2. The summed E-state index contributed by atoms with van der Waals surface area (Å²) >= 11 is 1.27. The molecule has 1 aromatic heterocycles. The molecule has 0 amide bonds. The van der Waals surface area contributed by atoms with Gasteiger partial charge in [-0.05, 0) is 23.6 Å². The third kappa shape index (κ3) is 2.88. The summed E-state index contributed by atoms with van der Waals surface area (Å²) in [6, 6.07) is 6.08. The van der Waals surface area contributed by atoms with Gasteiger partial charge in [-0.3, -0.25) is 9.00 Å². The lowest BCUT2D eigenvalue weighted by Crippen LogP contribution is -2.12. The van der Waals surface area contributed by atoms with Crippen LogP contribution in [-0.4, -0.2) is 15.7 Å². The number of carbonyl (C=O) groups is 1. The quantitative estimate of drug-likeness (QED) is 0.810. The Morgan fingerprint density at radius 2 is 2.06 bits per heavy atom. The van der Waals surface area contributed by atoms with Crippen molar-refractivity contribution in [3.8, 4) is 0 Å². The van der Waals surface area contributed by atoms with Crippen molar-refractivity contribution in [2.75, 3.05) is 5.75 Å². The molecule has 0 aliphatic carbocycles. The van der Waals surface area contributed by atoms with Crippen LogP contribution < -0.4 is 0 Å². The van der Waals surface area contributed by atoms with E-state index in [0.29, 0.717) is 10.3 Å². The van der Waals surface area contributed by atoms with Gasteiger partial charge < -0.3 is 0 Å². The molecule has 1 aromatic carbocycles. The van der Waals surface area contributed by atoms with E-state index in [9.17, 15) is 17.8 Å². The topological polar surface area (TPSA) is 34.1 Å². The lowest BCUT2D eigenvalue weighted by atomic mass is 10.1. The fourth-order valence-electron chi connectivity index (χ4n) is 1.38. The Bertz CT molecular complexity index is 594. The van der Waals surface area contributed by atoms with Crippen molar-refractivity contribution < 1.29 is 17.8 Å². The molecule has 2 aromatic rings. The molecule has 2 rings (SSSR count). The predicted octanol–water partition coefficient (Wildman–Crippen LogP) is 3.02. The second kappa shape index (κ2) is 5.49. The highest BCUT2D eigenvalue weighted by Gasteiger charge is 2.16. The molecule has 1 atom stereocenters. The normalized spacial score (nSPS) is 12.3. The van der Waals surface area contributed by atoms with Gasteiger partial charge in [-0.2, -0.15) is 0 Å². The summed E-state index contributed by atoms with van der Waals surface area (Å²) in [6.45, 7) is 0. The van der Waals surface area contributed by atoms with Gasteiger partial charge in [0.15, 0.2) is 5.78 Å². The highest BCUT2D eigenvalue weighted by Crippen LogP contribution is 2.16. The molecule has 0 saturated heterocycles. The highest BCUT2D eigenvalue weighted by molar-refractivity contribution is 7.88. The number of hydrogen-bond donors (Lipinski definition) is 0. The van der Waals surface area contributed by atoms with Gasteiger partial charge in [0, 0.05) is 6.07 Å². The minimum absolute atomic E-state index is 0.235. The number of carbonyl (C=O) groups excluding carboxylic acids is 1. The molecule has 0 radical (unpaired) electrons. The number of thiophene rings is 1. The third-order valence-corrected chi connectivity index (χ3v) is 4.83. The van der Waals surface area contributed by atoms with E-state index in [4.69, 9.17) is 0 Å². The van der Waals surface area contributed by atoms with Crippen molar-refractivity contribution in [1.82, 2.24) is 0 Å². The van der Waals surface area contributed by atoms with E-state index >= 15 is 0 Å². The van der Waals surface area contributed by atoms with Crippen LogP contribution in [0.4, 0.5) is 8.78 Å². The smallest absolute Gasteiger partial charge is 0.178 e. The second-order valence-corrected chi connectivity index (χ2v) is 6.09. The summed E-state index contributed by atoms with van der Waals surface area (Å²) in [5, 5.41) is 1.75. The molecule has 1 heterocycles. The first-order valence-corrected chi connectivity index (χ1v) is 7.18. The van der Waals surface area contributed by atoms with E-state index in [1.807, 2.05) is 0 Å². The van der Waals surface area contributed by atoms with Gasteiger partial charge in [0.25, 0.3) is 0 Å². The largest absolute Gasteiger partial charge is 0.293 e. The minimum atomic E-state index is -1.49. The monoisotopic (exact) mass is 286 g/mol. The van der Waals surface area contributed by atoms with E-state index in [2.05, 4.69) is 0 Å². The van der Waals surface area contributed by atoms with Crippen molar-refractivity contribution in [2.24, 2.45) is 0 Å². The van der Waals surface area contributed by atoms with Crippen molar-refractivity contribution in [2.45, 2.75) is 4.21 Å². The van der Waals surface area contributed by atoms with Crippen LogP contribution in [-0.2, 0) is 10.8 Å². The number of hydrogen-bond acceptors (Lipinski definition) is 3. The first-order valence-electron chi connectivity index (χ1n) is 4.98. The standard InChI is InChI=1S/C12H8F2O2S2/c13-8-3-4-9(10(14)6-8)11(15)7-18(16)12-2-1-5-17-12/h1-6H,7H2. The molecule has 18 heavy (non-hydrogen) atoms. The third-order valence-electron chi connectivity index (χ3n) is 2.21. The number of ketones is 1. The van der Waals surface area contributed by atoms with Crippen LogP contribution in [0.5, 0.6) is 0 Å². The maximum atomic E-state index is 13.3. The van der Waals surface area contributed by atoms with E-state index in [1.54, 1.807) is 17.5 Å². The van der Waals surface area contributed by atoms with Crippen LogP contribution in [0, 0.1) is 11.6 Å². The Labute approximate surface area is 109 Å². The number of rotatable bonds is 4. The molecule has 94 valence electrons. The van der Waals surface area contributed by atoms with Crippen LogP contribution in [0.3, 0.4) is 0 Å². The average Bonchev–Trinajstić information content (AvgIpc) is 2.81. The molecule has 2 nitrogen and oxygen atoms in total. The molecule has 6 heteroatoms. The molecule has 1 unspecified atom stereocenters. The van der Waals surface area contributed by atoms with Gasteiger partial charge in [-0.25, -0.2) is 8.78 Å². The fraction of sp³-hybridized carbons (Fsp3) is 0.0833. The van der Waals surface area contributed by atoms with Gasteiger partial charge in [0.1, 0.15) is 11.6 Å². The van der Waals surface area contributed by atoms with Crippen molar-refractivity contribution in [3.05, 3.63) is 52.9 Å². The molecule has 0 saturated carbocycles. The summed E-state index contributed by atoms with van der Waals surface area (Å²) in [6.07, 6.45) is 0. The van der Waals surface area contributed by atoms with Gasteiger partial charge >= 0.3 is 0 Å². The zero-order chi connectivity index (χ0) is 13.1. The first-order chi connectivity index (χ1) is 8.58. The molecule has 0 fully saturated rings. The van der Waals surface area contributed by atoms with Crippen LogP contribution in [0.2, 0.25) is 0 Å². The van der Waals surface area contributed by atoms with Gasteiger partial charge in [0.2, 0.25) is 0 Å². The van der Waals surface area contributed by atoms with Gasteiger partial charge in [0.05, 0.1) is 26.3 Å². The molecular formula is C12H8F2O2S2. The lowest BCUT2D eigenvalue weighted by Gasteiger charge is -2.02. The van der Waals surface area contributed by atoms with Crippen molar-refractivity contribution in [3.63, 3.8) is 0 Å². The predicted molar refractivity (Wildman–Crippen MR) is 66.3 cm³/mol. The zero-order valence-corrected chi connectivity index (χ0v) is 10.7. The van der Waals surface area contributed by atoms with Crippen LogP contribution in [0.15, 0.2) is 39.9 Å². The van der Waals surface area contributed by atoms with E-state index in [1.165, 1.54) is 11.3 Å². The summed E-state index contributed by atoms with van der Waals surface area (Å²) in [4.78, 5) is 11.7. The molecular weight excluding hydrogens is 278 g/mol. The summed E-state index contributed by atoms with van der Waals surface area (Å²) in [7, 11) is -1.49. The van der Waals surface area contributed by atoms with Crippen LogP contribution in [0.1, 0.15) is 10.4 Å². The Morgan fingerprint density at radius 1 is 1.28 bits per heavy atom. The van der Waals surface area contributed by atoms with E-state index in [-0.39, 0.29) is 11.3 Å². The molecule has 0 N–H and O–H groups in total. The molecule has 0 aliphatic rings. The minimum Gasteiger partial charge on any atom is -0.293 e. The Kier molecular flexibility index (Phi) is 3.98. The summed E-state index contributed by atoms with van der Waals surface area (Å²) in [5.41, 5.74) is -0.235. The Morgan fingerprint density at radius 3 is 2.67 bits per heavy atom. The zero-order valence-electron chi connectivity index (χ0n) is 9.06. The van der Waals surface area contributed by atoms with Crippen LogP contribution in [0.25, 0.3) is 0 Å². The van der Waals surface area contributed by atoms with E-state index < -0.39 is 28.2 Å². The SMILES string of the molecule is O=C(CS(=O)c1cccs1)c1ccc(F)cc1F. The average molecular weight is 286 g/mol. The maximum Gasteiger partial charge on any atom is 0.178 e. The number of benzene rings is 1. The lowest BCUT2D eigenvalue weighted by molar-refractivity contribution is 0.101. The van der Waals surface area contributed by atoms with Gasteiger partial charge in [-0.15, -0.1) is 11.3 Å². The second-order valence-electron chi connectivity index (χ2n) is 3.47. The van der Waals surface area contributed by atoms with E-state index in [0.717, 1.165) is 12.1 Å². The molecule has 0 bridgehead atoms. The summed E-state index contributed by atoms with van der Waals surface area (Å²) < 4.78 is 38.4. The van der Waals surface area contributed by atoms with Crippen LogP contribution >= 0.6 is 11.3 Å². The molecule has 0 spiro atoms. The Hall–Kier alpha value is -1.40. The number of Topliss-reactive ketones (excluding diaryl/α,β-unsaturated/α-hetero) is 1. The highest BCUT2D eigenvalue weighted by atomic mass is 32.2.